The lowest BCUT2D eigenvalue weighted by Crippen LogP contribution is -2.12. The Balaban J connectivity index is 1.78. The minimum atomic E-state index is -0.256. The summed E-state index contributed by atoms with van der Waals surface area (Å²) in [6, 6.07) is 12.9. The number of aromatic amines is 1. The number of hydrogen-bond acceptors (Lipinski definition) is 2. The van der Waals surface area contributed by atoms with Crippen LogP contribution in [-0.2, 0) is 17.6 Å². The van der Waals surface area contributed by atoms with Gasteiger partial charge in [-0.2, -0.15) is 0 Å². The molecule has 0 amide bonds. The van der Waals surface area contributed by atoms with Gasteiger partial charge in [0.05, 0.1) is 6.61 Å². The van der Waals surface area contributed by atoms with E-state index in [0.717, 1.165) is 18.4 Å². The number of nitrogens with one attached hydrogen (secondary N) is 1. The average molecular weight is 291 g/mol. The lowest BCUT2D eigenvalue weighted by molar-refractivity contribution is 0.0519. The molecular formula is C19H17NO2. The van der Waals surface area contributed by atoms with Crippen molar-refractivity contribution in [2.24, 2.45) is 0 Å². The predicted octanol–water partition coefficient (Wildman–Crippen LogP) is 3.84. The second kappa shape index (κ2) is 5.02. The minimum absolute atomic E-state index is 0.256. The van der Waals surface area contributed by atoms with E-state index in [9.17, 15) is 4.79 Å². The molecule has 1 aromatic heterocycles. The fourth-order valence-electron chi connectivity index (χ4n) is 3.30. The summed E-state index contributed by atoms with van der Waals surface area (Å²) >= 11 is 0. The lowest BCUT2D eigenvalue weighted by atomic mass is 9.85. The van der Waals surface area contributed by atoms with Crippen molar-refractivity contribution in [3.8, 4) is 0 Å². The van der Waals surface area contributed by atoms with Crippen LogP contribution in [0.15, 0.2) is 42.6 Å². The fraction of sp³-hybridized carbons (Fsp3) is 0.211. The quantitative estimate of drug-likeness (QED) is 0.570. The van der Waals surface area contributed by atoms with E-state index in [4.69, 9.17) is 4.74 Å². The van der Waals surface area contributed by atoms with Crippen molar-refractivity contribution in [3.63, 3.8) is 0 Å². The molecule has 110 valence electrons. The van der Waals surface area contributed by atoms with Crippen molar-refractivity contribution >= 4 is 16.7 Å². The third-order valence-electron chi connectivity index (χ3n) is 4.38. The highest BCUT2D eigenvalue weighted by Crippen LogP contribution is 2.32. The molecule has 0 unspecified atom stereocenters. The smallest absolute Gasteiger partial charge is 0.355 e. The number of carbonyl (C=O) groups excluding carboxylic acids is 1. The molecule has 0 bridgehead atoms. The summed E-state index contributed by atoms with van der Waals surface area (Å²) in [5.41, 5.74) is 5.54. The van der Waals surface area contributed by atoms with E-state index in [1.54, 1.807) is 0 Å². The molecule has 1 aliphatic carbocycles. The van der Waals surface area contributed by atoms with Crippen LogP contribution < -0.4 is 0 Å². The van der Waals surface area contributed by atoms with Gasteiger partial charge >= 0.3 is 5.97 Å². The molecule has 0 spiro atoms. The summed E-state index contributed by atoms with van der Waals surface area (Å²) in [5, 5.41) is 2.52. The number of hydrogen-bond donors (Lipinski definition) is 1. The maximum Gasteiger partial charge on any atom is 0.355 e. The maximum atomic E-state index is 12.0. The molecule has 0 radical (unpaired) electrons. The molecule has 0 fully saturated rings. The van der Waals surface area contributed by atoms with Crippen LogP contribution in [0.1, 0.15) is 39.7 Å². The Bertz CT molecular complexity index is 876. The minimum Gasteiger partial charge on any atom is -0.461 e. The molecule has 1 aliphatic rings. The third-order valence-corrected chi connectivity index (χ3v) is 4.38. The standard InChI is InChI=1S/C19H17NO2/c1-2-22-19(21)18-17-10-15-8-13-6-4-3-5-12(13)7-14(15)9-16(17)11-20-18/h3-8,11,20H,2,9-10H2,1H3. The van der Waals surface area contributed by atoms with Gasteiger partial charge < -0.3 is 9.72 Å². The van der Waals surface area contributed by atoms with Crippen molar-refractivity contribution in [1.29, 1.82) is 0 Å². The SMILES string of the molecule is CCOC(=O)c1[nH]cc2c1Cc1cc3ccccc3cc1C2. The number of esters is 1. The van der Waals surface area contributed by atoms with Crippen LogP contribution in [0.2, 0.25) is 0 Å². The normalized spacial score (nSPS) is 12.8. The molecule has 2 aromatic carbocycles. The van der Waals surface area contributed by atoms with Gasteiger partial charge in [0.15, 0.2) is 0 Å². The molecule has 0 aliphatic heterocycles. The van der Waals surface area contributed by atoms with Gasteiger partial charge in [0.1, 0.15) is 5.69 Å². The molecular weight excluding hydrogens is 274 g/mol. The molecule has 0 saturated carbocycles. The summed E-state index contributed by atoms with van der Waals surface area (Å²) in [6.45, 7) is 2.22. The van der Waals surface area contributed by atoms with Gasteiger partial charge in [0, 0.05) is 12.6 Å². The van der Waals surface area contributed by atoms with Crippen molar-refractivity contribution in [3.05, 3.63) is 70.5 Å². The van der Waals surface area contributed by atoms with Gasteiger partial charge in [-0.3, -0.25) is 0 Å². The summed E-state index contributed by atoms with van der Waals surface area (Å²) in [5.74, 6) is -0.256. The van der Waals surface area contributed by atoms with Crippen LogP contribution in [0.5, 0.6) is 0 Å². The number of carbonyl (C=O) groups is 1. The molecule has 22 heavy (non-hydrogen) atoms. The molecule has 3 aromatic rings. The van der Waals surface area contributed by atoms with Crippen molar-refractivity contribution in [2.45, 2.75) is 19.8 Å². The van der Waals surface area contributed by atoms with E-state index in [1.165, 1.54) is 27.5 Å². The Kier molecular flexibility index (Phi) is 3.00. The molecule has 3 nitrogen and oxygen atoms in total. The van der Waals surface area contributed by atoms with Crippen molar-refractivity contribution in [1.82, 2.24) is 4.98 Å². The summed E-state index contributed by atoms with van der Waals surface area (Å²) in [6.07, 6.45) is 3.60. The Labute approximate surface area is 128 Å². The van der Waals surface area contributed by atoms with E-state index < -0.39 is 0 Å². The summed E-state index contributed by atoms with van der Waals surface area (Å²) in [7, 11) is 0. The summed E-state index contributed by atoms with van der Waals surface area (Å²) < 4.78 is 5.14. The Hall–Kier alpha value is -2.55. The van der Waals surface area contributed by atoms with Gasteiger partial charge in [-0.25, -0.2) is 4.79 Å². The second-order valence-electron chi connectivity index (χ2n) is 5.71. The monoisotopic (exact) mass is 291 g/mol. The first-order valence-electron chi connectivity index (χ1n) is 7.63. The highest BCUT2D eigenvalue weighted by Gasteiger charge is 2.24. The van der Waals surface area contributed by atoms with Crippen LogP contribution >= 0.6 is 0 Å². The lowest BCUT2D eigenvalue weighted by Gasteiger charge is -2.18. The topological polar surface area (TPSA) is 42.1 Å². The van der Waals surface area contributed by atoms with Crippen LogP contribution in [-0.4, -0.2) is 17.6 Å². The van der Waals surface area contributed by atoms with Crippen LogP contribution in [0.3, 0.4) is 0 Å². The van der Waals surface area contributed by atoms with Gasteiger partial charge in [0.2, 0.25) is 0 Å². The maximum absolute atomic E-state index is 12.0. The van der Waals surface area contributed by atoms with Crippen LogP contribution in [0.4, 0.5) is 0 Å². The predicted molar refractivity (Wildman–Crippen MR) is 86.3 cm³/mol. The zero-order valence-corrected chi connectivity index (χ0v) is 12.5. The van der Waals surface area contributed by atoms with E-state index >= 15 is 0 Å². The number of benzene rings is 2. The van der Waals surface area contributed by atoms with Gasteiger partial charge in [-0.05, 0) is 46.4 Å². The molecule has 1 heterocycles. The van der Waals surface area contributed by atoms with Gasteiger partial charge in [-0.15, -0.1) is 0 Å². The third kappa shape index (κ3) is 2.01. The number of aromatic nitrogens is 1. The summed E-state index contributed by atoms with van der Waals surface area (Å²) in [4.78, 5) is 15.2. The zero-order chi connectivity index (χ0) is 15.1. The first-order valence-corrected chi connectivity index (χ1v) is 7.63. The first kappa shape index (κ1) is 13.1. The van der Waals surface area contributed by atoms with Crippen molar-refractivity contribution in [2.75, 3.05) is 6.61 Å². The number of ether oxygens (including phenoxy) is 1. The Morgan fingerprint density at radius 3 is 2.45 bits per heavy atom. The molecule has 1 N–H and O–H groups in total. The largest absolute Gasteiger partial charge is 0.461 e. The Morgan fingerprint density at radius 2 is 1.77 bits per heavy atom. The molecule has 0 atom stereocenters. The number of H-pyrrole nitrogens is 1. The van der Waals surface area contributed by atoms with Crippen molar-refractivity contribution < 1.29 is 9.53 Å². The molecule has 0 saturated heterocycles. The van der Waals surface area contributed by atoms with Crippen LogP contribution in [0, 0.1) is 0 Å². The fourth-order valence-corrected chi connectivity index (χ4v) is 3.30. The van der Waals surface area contributed by atoms with E-state index in [0.29, 0.717) is 12.3 Å². The molecule has 3 heteroatoms. The van der Waals surface area contributed by atoms with E-state index in [2.05, 4.69) is 41.4 Å². The zero-order valence-electron chi connectivity index (χ0n) is 12.5. The first-order chi connectivity index (χ1) is 10.8. The highest BCUT2D eigenvalue weighted by molar-refractivity contribution is 5.90. The van der Waals surface area contributed by atoms with E-state index in [1.807, 2.05) is 13.1 Å². The number of fused-ring (bicyclic) bond motifs is 3. The Morgan fingerprint density at radius 1 is 1.09 bits per heavy atom. The average Bonchev–Trinajstić information content (AvgIpc) is 2.93. The van der Waals surface area contributed by atoms with Gasteiger partial charge in [-0.1, -0.05) is 36.4 Å². The van der Waals surface area contributed by atoms with Crippen LogP contribution in [0.25, 0.3) is 10.8 Å². The highest BCUT2D eigenvalue weighted by atomic mass is 16.5. The second-order valence-corrected chi connectivity index (χ2v) is 5.71. The van der Waals surface area contributed by atoms with E-state index in [-0.39, 0.29) is 5.97 Å². The van der Waals surface area contributed by atoms with Gasteiger partial charge in [0.25, 0.3) is 0 Å². The number of rotatable bonds is 2. The molecule has 4 rings (SSSR count).